The van der Waals surface area contributed by atoms with Crippen molar-refractivity contribution in [3.05, 3.63) is 0 Å². The van der Waals surface area contributed by atoms with Crippen molar-refractivity contribution in [2.75, 3.05) is 41.3 Å². The highest BCUT2D eigenvalue weighted by Crippen LogP contribution is 1.96. The first-order valence-electron chi connectivity index (χ1n) is 6.00. The topological polar surface area (TPSA) is 77.4 Å². The van der Waals surface area contributed by atoms with Crippen molar-refractivity contribution in [1.82, 2.24) is 15.1 Å². The van der Waals surface area contributed by atoms with Gasteiger partial charge in [-0.1, -0.05) is 16.6 Å². The molecule has 18 heavy (non-hydrogen) atoms. The van der Waals surface area contributed by atoms with Gasteiger partial charge in [-0.15, -0.1) is 0 Å². The number of carbonyl (C=O) groups is 2. The molecule has 1 fully saturated rings. The second-order valence-corrected chi connectivity index (χ2v) is 4.36. The lowest BCUT2D eigenvalue weighted by atomic mass is 10.2. The number of carbonyl (C=O) groups excluding carboxylic acids is 2. The Morgan fingerprint density at radius 1 is 0.833 bits per heavy atom. The van der Waals surface area contributed by atoms with Crippen LogP contribution in [-0.2, 0) is 0 Å². The van der Waals surface area contributed by atoms with Gasteiger partial charge in [0.25, 0.3) is 0 Å². The van der Waals surface area contributed by atoms with Gasteiger partial charge in [-0.25, -0.2) is 9.59 Å². The fourth-order valence-electron chi connectivity index (χ4n) is 1.07. The van der Waals surface area contributed by atoms with Gasteiger partial charge < -0.3 is 15.1 Å². The number of urea groups is 2. The molecule has 0 aromatic heterocycles. The van der Waals surface area contributed by atoms with Gasteiger partial charge in [0.05, 0.1) is 0 Å². The molecule has 1 rings (SSSR count). The fraction of sp³-hybridized carbons (Fsp3) is 0.818. The Morgan fingerprint density at radius 3 is 1.39 bits per heavy atom. The van der Waals surface area contributed by atoms with Crippen LogP contribution in [0.15, 0.2) is 10.2 Å². The molecule has 1 N–H and O–H groups in total. The number of rotatable bonds is 0. The number of piperidine rings is 1. The predicted octanol–water partition coefficient (Wildman–Crippen LogP) is 1.56. The highest BCUT2D eigenvalue weighted by Gasteiger charge is 2.03. The lowest BCUT2D eigenvalue weighted by molar-refractivity contribution is 0.218. The molecule has 7 nitrogen and oxygen atoms in total. The lowest BCUT2D eigenvalue weighted by Crippen LogP contribution is -2.21. The minimum absolute atomic E-state index is 0.551. The molecule has 0 aromatic carbocycles. The average Bonchev–Trinajstić information content (AvgIpc) is 2.38. The molecule has 1 saturated heterocycles. The summed E-state index contributed by atoms with van der Waals surface area (Å²) in [6.45, 7) is 2.50. The Balaban J connectivity index is 0.000000397. The standard InChI is InChI=1S/C6H12N4O2.C5H11N/c1-9(2)5(11)7-8-6(12)10(3)4;1-2-4-6-5-3-1/h1-4H3;6H,1-5H2. The number of azo groups is 1. The maximum Gasteiger partial charge on any atom is 0.361 e. The molecule has 0 saturated carbocycles. The molecular weight excluding hydrogens is 234 g/mol. The lowest BCUT2D eigenvalue weighted by Gasteiger charge is -2.08. The Labute approximate surface area is 108 Å². The zero-order valence-electron chi connectivity index (χ0n) is 11.6. The Morgan fingerprint density at radius 2 is 1.22 bits per heavy atom. The molecule has 7 heteroatoms. The van der Waals surface area contributed by atoms with Crippen LogP contribution in [0.25, 0.3) is 0 Å². The minimum atomic E-state index is -0.551. The van der Waals surface area contributed by atoms with E-state index in [9.17, 15) is 9.59 Å². The van der Waals surface area contributed by atoms with Crippen LogP contribution >= 0.6 is 0 Å². The summed E-state index contributed by atoms with van der Waals surface area (Å²) in [6.07, 6.45) is 4.22. The predicted molar refractivity (Wildman–Crippen MR) is 69.7 cm³/mol. The normalized spacial score (nSPS) is 14.7. The van der Waals surface area contributed by atoms with Gasteiger partial charge in [0.1, 0.15) is 0 Å². The van der Waals surface area contributed by atoms with E-state index in [0.717, 1.165) is 0 Å². The molecule has 0 aromatic rings. The van der Waals surface area contributed by atoms with Gasteiger partial charge in [0.15, 0.2) is 0 Å². The van der Waals surface area contributed by atoms with Crippen molar-refractivity contribution < 1.29 is 9.59 Å². The van der Waals surface area contributed by atoms with E-state index < -0.39 is 12.1 Å². The number of hydrogen-bond donors (Lipinski definition) is 1. The largest absolute Gasteiger partial charge is 0.361 e. The number of amides is 4. The summed E-state index contributed by atoms with van der Waals surface area (Å²) >= 11 is 0. The summed E-state index contributed by atoms with van der Waals surface area (Å²) in [5.74, 6) is 0. The van der Waals surface area contributed by atoms with E-state index in [2.05, 4.69) is 15.5 Å². The van der Waals surface area contributed by atoms with Crippen molar-refractivity contribution in [3.63, 3.8) is 0 Å². The van der Waals surface area contributed by atoms with Crippen molar-refractivity contribution in [2.45, 2.75) is 19.3 Å². The Hall–Kier alpha value is -1.50. The third-order valence-electron chi connectivity index (χ3n) is 2.19. The molecule has 0 atom stereocenters. The maximum absolute atomic E-state index is 10.8. The Bertz CT molecular complexity index is 252. The minimum Gasteiger partial charge on any atom is -0.328 e. The molecule has 1 heterocycles. The van der Waals surface area contributed by atoms with E-state index in [1.165, 1.54) is 70.3 Å². The molecule has 0 bridgehead atoms. The van der Waals surface area contributed by atoms with Gasteiger partial charge in [-0.2, -0.15) is 0 Å². The van der Waals surface area contributed by atoms with E-state index in [1.807, 2.05) is 0 Å². The number of nitrogens with zero attached hydrogens (tertiary/aromatic N) is 4. The first-order valence-corrected chi connectivity index (χ1v) is 6.00. The molecule has 1 aliphatic heterocycles. The van der Waals surface area contributed by atoms with Crippen LogP contribution in [0.5, 0.6) is 0 Å². The van der Waals surface area contributed by atoms with Crippen molar-refractivity contribution in [2.24, 2.45) is 10.2 Å². The van der Waals surface area contributed by atoms with Gasteiger partial charge in [-0.05, 0) is 25.9 Å². The highest BCUT2D eigenvalue weighted by atomic mass is 16.2. The van der Waals surface area contributed by atoms with E-state index in [1.54, 1.807) is 0 Å². The van der Waals surface area contributed by atoms with Crippen molar-refractivity contribution >= 4 is 12.1 Å². The smallest absolute Gasteiger partial charge is 0.328 e. The third kappa shape index (κ3) is 8.63. The molecule has 0 unspecified atom stereocenters. The Kier molecular flexibility index (Phi) is 8.73. The summed E-state index contributed by atoms with van der Waals surface area (Å²) in [7, 11) is 6.12. The molecule has 0 spiro atoms. The second-order valence-electron chi connectivity index (χ2n) is 4.36. The van der Waals surface area contributed by atoms with Gasteiger partial charge in [-0.3, -0.25) is 0 Å². The van der Waals surface area contributed by atoms with E-state index in [4.69, 9.17) is 0 Å². The molecule has 0 radical (unpaired) electrons. The van der Waals surface area contributed by atoms with Crippen LogP contribution in [0.1, 0.15) is 19.3 Å². The van der Waals surface area contributed by atoms with Crippen molar-refractivity contribution in [3.8, 4) is 0 Å². The zero-order valence-corrected chi connectivity index (χ0v) is 11.6. The zero-order chi connectivity index (χ0) is 14.0. The number of nitrogens with one attached hydrogen (secondary N) is 1. The molecule has 0 aliphatic carbocycles. The van der Waals surface area contributed by atoms with Crippen molar-refractivity contribution in [1.29, 1.82) is 0 Å². The van der Waals surface area contributed by atoms with Crippen LogP contribution in [0.3, 0.4) is 0 Å². The molecule has 1 aliphatic rings. The van der Waals surface area contributed by atoms with Gasteiger partial charge in [0, 0.05) is 28.2 Å². The first kappa shape index (κ1) is 16.5. The van der Waals surface area contributed by atoms with Gasteiger partial charge >= 0.3 is 12.1 Å². The summed E-state index contributed by atoms with van der Waals surface area (Å²) in [6, 6.07) is -1.10. The molecule has 104 valence electrons. The summed E-state index contributed by atoms with van der Waals surface area (Å²) in [5, 5.41) is 9.62. The summed E-state index contributed by atoms with van der Waals surface area (Å²) < 4.78 is 0. The number of hydrogen-bond acceptors (Lipinski definition) is 3. The monoisotopic (exact) mass is 257 g/mol. The summed E-state index contributed by atoms with van der Waals surface area (Å²) in [4.78, 5) is 24.0. The summed E-state index contributed by atoms with van der Waals surface area (Å²) in [5.41, 5.74) is 0. The van der Waals surface area contributed by atoms with E-state index >= 15 is 0 Å². The van der Waals surface area contributed by atoms with E-state index in [0.29, 0.717) is 0 Å². The first-order chi connectivity index (χ1) is 8.45. The third-order valence-corrected chi connectivity index (χ3v) is 2.19. The van der Waals surface area contributed by atoms with Crippen LogP contribution in [0, 0.1) is 0 Å². The van der Waals surface area contributed by atoms with Crippen LogP contribution in [0.2, 0.25) is 0 Å². The fourth-order valence-corrected chi connectivity index (χ4v) is 1.07. The van der Waals surface area contributed by atoms with Crippen LogP contribution in [0.4, 0.5) is 9.59 Å². The second kappa shape index (κ2) is 9.52. The quantitative estimate of drug-likeness (QED) is 0.669. The molecular formula is C11H23N5O2. The highest BCUT2D eigenvalue weighted by molar-refractivity contribution is 5.79. The van der Waals surface area contributed by atoms with Crippen LogP contribution in [-0.4, -0.2) is 63.1 Å². The van der Waals surface area contributed by atoms with Gasteiger partial charge in [0.2, 0.25) is 0 Å². The molecule has 4 amide bonds. The maximum atomic E-state index is 10.8. The van der Waals surface area contributed by atoms with Crippen LogP contribution < -0.4 is 5.32 Å². The van der Waals surface area contributed by atoms with E-state index in [-0.39, 0.29) is 0 Å². The average molecular weight is 257 g/mol. The SMILES string of the molecule is C1CCNCC1.CN(C)C(=O)N=NC(=O)N(C)C.